The standard InChI is InChI=1S/C26H29FN2O6/c1-4-6-11-34-23-19(25(32)33-5-2)24(31)29-14-26(3,15-30)35-22-17(13-28-20(23)21(22)29)12-16-7-9-18(27)10-8-16/h7-10,13,30H,4-6,11-12,14-15H2,1-3H3/t26-/m0/s1. The van der Waals surface area contributed by atoms with Crippen LogP contribution in [0.5, 0.6) is 11.5 Å². The van der Waals surface area contributed by atoms with Gasteiger partial charge in [-0.25, -0.2) is 9.18 Å². The first-order valence-electron chi connectivity index (χ1n) is 11.7. The van der Waals surface area contributed by atoms with E-state index >= 15 is 0 Å². The van der Waals surface area contributed by atoms with Gasteiger partial charge in [-0.1, -0.05) is 25.5 Å². The van der Waals surface area contributed by atoms with Gasteiger partial charge in [-0.05, 0) is 38.0 Å². The van der Waals surface area contributed by atoms with Gasteiger partial charge in [-0.2, -0.15) is 0 Å². The number of halogens is 1. The third-order valence-corrected chi connectivity index (χ3v) is 5.96. The van der Waals surface area contributed by atoms with E-state index in [4.69, 9.17) is 14.2 Å². The number of carbonyl (C=O) groups is 1. The number of carbonyl (C=O) groups excluding carboxylic acids is 1. The molecule has 0 bridgehead atoms. The van der Waals surface area contributed by atoms with Crippen LogP contribution in [0.15, 0.2) is 35.3 Å². The summed E-state index contributed by atoms with van der Waals surface area (Å²) in [5.41, 5.74) is 0.246. The van der Waals surface area contributed by atoms with Crippen LogP contribution < -0.4 is 15.0 Å². The number of aromatic nitrogens is 2. The molecule has 1 aliphatic rings. The minimum absolute atomic E-state index is 0.00909. The zero-order chi connectivity index (χ0) is 25.2. The molecule has 0 saturated heterocycles. The lowest BCUT2D eigenvalue weighted by molar-refractivity contribution is 0.00338. The van der Waals surface area contributed by atoms with E-state index in [0.717, 1.165) is 18.4 Å². The minimum atomic E-state index is -1.11. The monoisotopic (exact) mass is 484 g/mol. The van der Waals surface area contributed by atoms with E-state index in [-0.39, 0.29) is 36.9 Å². The maximum atomic E-state index is 13.7. The number of esters is 1. The van der Waals surface area contributed by atoms with Crippen molar-refractivity contribution in [2.75, 3.05) is 19.8 Å². The highest BCUT2D eigenvalue weighted by Gasteiger charge is 2.38. The zero-order valence-electron chi connectivity index (χ0n) is 20.1. The van der Waals surface area contributed by atoms with Crippen molar-refractivity contribution >= 4 is 17.0 Å². The second-order valence-electron chi connectivity index (χ2n) is 8.84. The predicted molar refractivity (Wildman–Crippen MR) is 128 cm³/mol. The number of ether oxygens (including phenoxy) is 3. The van der Waals surface area contributed by atoms with Crippen LogP contribution in [0.4, 0.5) is 4.39 Å². The fourth-order valence-corrected chi connectivity index (χ4v) is 4.14. The Balaban J connectivity index is 1.98. The smallest absolute Gasteiger partial charge is 0.347 e. The molecule has 1 atom stereocenters. The summed E-state index contributed by atoms with van der Waals surface area (Å²) in [6.07, 6.45) is 3.55. The molecule has 0 radical (unpaired) electrons. The van der Waals surface area contributed by atoms with E-state index in [1.807, 2.05) is 6.92 Å². The summed E-state index contributed by atoms with van der Waals surface area (Å²) < 4.78 is 32.2. The van der Waals surface area contributed by atoms with Crippen LogP contribution in [0.1, 0.15) is 55.1 Å². The minimum Gasteiger partial charge on any atom is -0.490 e. The molecule has 8 nitrogen and oxygen atoms in total. The van der Waals surface area contributed by atoms with Gasteiger partial charge < -0.3 is 19.3 Å². The van der Waals surface area contributed by atoms with Gasteiger partial charge in [0.15, 0.2) is 17.1 Å². The second kappa shape index (κ2) is 10.0. The van der Waals surface area contributed by atoms with E-state index in [9.17, 15) is 19.1 Å². The van der Waals surface area contributed by atoms with E-state index in [1.165, 1.54) is 16.7 Å². The number of nitrogens with zero attached hydrogens (tertiary/aromatic N) is 2. The molecule has 2 aromatic heterocycles. The molecule has 0 spiro atoms. The molecule has 3 heterocycles. The summed E-state index contributed by atoms with van der Waals surface area (Å²) in [6, 6.07) is 6.07. The van der Waals surface area contributed by atoms with Gasteiger partial charge in [0, 0.05) is 18.2 Å². The molecule has 0 fully saturated rings. The highest BCUT2D eigenvalue weighted by Crippen LogP contribution is 2.40. The Kier molecular flexibility index (Phi) is 7.07. The normalized spacial score (nSPS) is 16.7. The van der Waals surface area contributed by atoms with Gasteiger partial charge in [0.1, 0.15) is 22.5 Å². The Morgan fingerprint density at radius 1 is 1.29 bits per heavy atom. The molecule has 0 amide bonds. The molecule has 9 heteroatoms. The second-order valence-corrected chi connectivity index (χ2v) is 8.84. The Morgan fingerprint density at radius 3 is 2.69 bits per heavy atom. The van der Waals surface area contributed by atoms with Crippen LogP contribution in [-0.2, 0) is 17.7 Å². The average Bonchev–Trinajstić information content (AvgIpc) is 2.84. The molecule has 35 heavy (non-hydrogen) atoms. The Morgan fingerprint density at radius 2 is 2.03 bits per heavy atom. The molecule has 1 aliphatic heterocycles. The number of hydrogen-bond acceptors (Lipinski definition) is 7. The van der Waals surface area contributed by atoms with Gasteiger partial charge in [-0.15, -0.1) is 0 Å². The number of hydrogen-bond donors (Lipinski definition) is 1. The molecule has 1 aromatic carbocycles. The predicted octanol–water partition coefficient (Wildman–Crippen LogP) is 3.63. The van der Waals surface area contributed by atoms with E-state index in [1.54, 1.807) is 32.2 Å². The maximum absolute atomic E-state index is 13.7. The summed E-state index contributed by atoms with van der Waals surface area (Å²) in [4.78, 5) is 31.1. The quantitative estimate of drug-likeness (QED) is 0.366. The number of unbranched alkanes of at least 4 members (excludes halogenated alkanes) is 1. The van der Waals surface area contributed by atoms with E-state index in [0.29, 0.717) is 35.4 Å². The lowest BCUT2D eigenvalue weighted by Crippen LogP contribution is -2.47. The summed E-state index contributed by atoms with van der Waals surface area (Å²) in [5, 5.41) is 10.1. The average molecular weight is 485 g/mol. The zero-order valence-corrected chi connectivity index (χ0v) is 20.1. The van der Waals surface area contributed by atoms with Crippen molar-refractivity contribution in [3.63, 3.8) is 0 Å². The summed E-state index contributed by atoms with van der Waals surface area (Å²) >= 11 is 0. The van der Waals surface area contributed by atoms with Crippen LogP contribution in [0.3, 0.4) is 0 Å². The van der Waals surface area contributed by atoms with Gasteiger partial charge in [0.2, 0.25) is 0 Å². The highest BCUT2D eigenvalue weighted by atomic mass is 19.1. The number of aliphatic hydroxyl groups is 1. The number of rotatable bonds is 9. The van der Waals surface area contributed by atoms with Crippen LogP contribution in [0.25, 0.3) is 11.0 Å². The van der Waals surface area contributed by atoms with Crippen molar-refractivity contribution in [1.29, 1.82) is 0 Å². The molecule has 0 aliphatic carbocycles. The van der Waals surface area contributed by atoms with Gasteiger partial charge in [0.05, 0.1) is 26.4 Å². The number of aliphatic hydroxyl groups excluding tert-OH is 1. The van der Waals surface area contributed by atoms with Crippen molar-refractivity contribution < 1.29 is 28.5 Å². The Bertz CT molecular complexity index is 1300. The molecule has 186 valence electrons. The molecule has 3 aromatic rings. The van der Waals surface area contributed by atoms with Gasteiger partial charge in [0.25, 0.3) is 5.56 Å². The summed E-state index contributed by atoms with van der Waals surface area (Å²) in [6.45, 7) is 5.39. The summed E-state index contributed by atoms with van der Waals surface area (Å²) in [5.74, 6) is -0.690. The van der Waals surface area contributed by atoms with Crippen molar-refractivity contribution in [2.24, 2.45) is 0 Å². The van der Waals surface area contributed by atoms with Crippen LogP contribution in [-0.4, -0.2) is 46.0 Å². The molecule has 0 unspecified atom stereocenters. The number of pyridine rings is 2. The molecule has 1 N–H and O–H groups in total. The van der Waals surface area contributed by atoms with Gasteiger partial charge >= 0.3 is 5.97 Å². The van der Waals surface area contributed by atoms with E-state index < -0.39 is 17.1 Å². The molecule has 0 saturated carbocycles. The highest BCUT2D eigenvalue weighted by molar-refractivity contribution is 6.00. The maximum Gasteiger partial charge on any atom is 0.347 e. The molecular weight excluding hydrogens is 455 g/mol. The van der Waals surface area contributed by atoms with E-state index in [2.05, 4.69) is 4.98 Å². The van der Waals surface area contributed by atoms with Crippen molar-refractivity contribution in [2.45, 2.75) is 52.2 Å². The summed E-state index contributed by atoms with van der Waals surface area (Å²) in [7, 11) is 0. The lowest BCUT2D eigenvalue weighted by atomic mass is 10.00. The van der Waals surface area contributed by atoms with Crippen LogP contribution >= 0.6 is 0 Å². The fourth-order valence-electron chi connectivity index (χ4n) is 4.14. The Labute approximate surface area is 202 Å². The lowest BCUT2D eigenvalue weighted by Gasteiger charge is -2.36. The van der Waals surface area contributed by atoms with Crippen LogP contribution in [0.2, 0.25) is 0 Å². The molecule has 4 rings (SSSR count). The first-order valence-corrected chi connectivity index (χ1v) is 11.7. The third-order valence-electron chi connectivity index (χ3n) is 5.96. The Hall–Kier alpha value is -3.46. The first kappa shape index (κ1) is 24.7. The van der Waals surface area contributed by atoms with Gasteiger partial charge in [-0.3, -0.25) is 14.3 Å². The molecular formula is C26H29FN2O6. The van der Waals surface area contributed by atoms with Crippen molar-refractivity contribution in [3.8, 4) is 11.5 Å². The van der Waals surface area contributed by atoms with Crippen molar-refractivity contribution in [1.82, 2.24) is 9.55 Å². The third kappa shape index (κ3) is 4.73. The number of benzene rings is 1. The van der Waals surface area contributed by atoms with Crippen LogP contribution in [0, 0.1) is 5.82 Å². The SMILES string of the molecule is CCCCOc1c(C(=O)OCC)c(=O)n2c3c(c(Cc4ccc(F)cc4)cnc13)O[C@](C)(CO)C2. The fraction of sp³-hybridized carbons (Fsp3) is 0.423. The van der Waals surface area contributed by atoms with Crippen molar-refractivity contribution in [3.05, 3.63) is 63.3 Å². The largest absolute Gasteiger partial charge is 0.490 e. The topological polar surface area (TPSA) is 99.9 Å². The first-order chi connectivity index (χ1) is 16.8.